The normalized spacial score (nSPS) is 11.6. The third-order valence-electron chi connectivity index (χ3n) is 0.954. The molecular formula is C7H16OSi2. The maximum Gasteiger partial charge on any atom is 0.212 e. The molecule has 0 aromatic heterocycles. The number of hydrogen-bond donors (Lipinski definition) is 0. The van der Waals surface area contributed by atoms with Crippen molar-refractivity contribution in [3.63, 3.8) is 0 Å². The van der Waals surface area contributed by atoms with Crippen molar-refractivity contribution >= 4 is 17.4 Å². The zero-order valence-electron chi connectivity index (χ0n) is 7.05. The molecule has 0 fully saturated rings. The van der Waals surface area contributed by atoms with Crippen LogP contribution < -0.4 is 0 Å². The fourth-order valence-electron chi connectivity index (χ4n) is 0.601. The molecule has 0 aromatic carbocycles. The molecule has 58 valence electrons. The summed E-state index contributed by atoms with van der Waals surface area (Å²) in [6.07, 6.45) is 0. The van der Waals surface area contributed by atoms with Crippen LogP contribution in [0.25, 0.3) is 0 Å². The Kier molecular flexibility index (Phi) is 3.85. The lowest BCUT2D eigenvalue weighted by Gasteiger charge is -2.20. The Hall–Kier alpha value is -0.126. The van der Waals surface area contributed by atoms with Crippen molar-refractivity contribution in [3.05, 3.63) is 24.6 Å². The van der Waals surface area contributed by atoms with Crippen molar-refractivity contribution in [2.45, 2.75) is 19.6 Å². The molecule has 0 aliphatic carbocycles. The maximum atomic E-state index is 5.78. The molecule has 1 nitrogen and oxygen atoms in total. The quantitative estimate of drug-likeness (QED) is 0.590. The van der Waals surface area contributed by atoms with Gasteiger partial charge in [-0.1, -0.05) is 11.4 Å². The zero-order valence-corrected chi connectivity index (χ0v) is 9.21. The topological polar surface area (TPSA) is 9.23 Å². The van der Waals surface area contributed by atoms with E-state index in [0.717, 1.165) is 0 Å². The summed E-state index contributed by atoms with van der Waals surface area (Å²) >= 11 is 0. The van der Waals surface area contributed by atoms with E-state index in [4.69, 9.17) is 4.12 Å². The molecule has 0 radical (unpaired) electrons. The van der Waals surface area contributed by atoms with Gasteiger partial charge in [0, 0.05) is 0 Å². The Bertz CT molecular complexity index is 118. The molecule has 0 amide bonds. The Morgan fingerprint density at radius 3 is 1.70 bits per heavy atom. The molecule has 0 aromatic rings. The molecule has 0 aliphatic heterocycles. The lowest BCUT2D eigenvalue weighted by molar-refractivity contribution is 0.593. The summed E-state index contributed by atoms with van der Waals surface area (Å²) in [6, 6.07) is 0. The van der Waals surface area contributed by atoms with Gasteiger partial charge in [0.2, 0.25) is 9.04 Å². The first-order valence-corrected chi connectivity index (χ1v) is 8.64. The monoisotopic (exact) mass is 172 g/mol. The first kappa shape index (κ1) is 9.87. The third kappa shape index (κ3) is 4.72. The predicted molar refractivity (Wildman–Crippen MR) is 52.0 cm³/mol. The molecule has 0 bridgehead atoms. The van der Waals surface area contributed by atoms with Crippen LogP contribution in [0.5, 0.6) is 0 Å². The highest BCUT2D eigenvalue weighted by molar-refractivity contribution is 6.80. The standard InChI is InChI=1S/C7H16OSi2/c1-6-9(7-2)8-10(3,4)5/h6-7,9H,1-2H2,3-5H3. The molecular weight excluding hydrogens is 156 g/mol. The van der Waals surface area contributed by atoms with E-state index in [9.17, 15) is 0 Å². The molecule has 3 heteroatoms. The molecule has 0 N–H and O–H groups in total. The van der Waals surface area contributed by atoms with E-state index in [2.05, 4.69) is 32.8 Å². The smallest absolute Gasteiger partial charge is 0.212 e. The van der Waals surface area contributed by atoms with Crippen molar-refractivity contribution in [1.82, 2.24) is 0 Å². The van der Waals surface area contributed by atoms with Gasteiger partial charge in [-0.3, -0.25) is 0 Å². The number of rotatable bonds is 4. The summed E-state index contributed by atoms with van der Waals surface area (Å²) < 4.78 is 5.78. The minimum Gasteiger partial charge on any atom is -0.452 e. The highest BCUT2D eigenvalue weighted by atomic mass is 28.4. The summed E-state index contributed by atoms with van der Waals surface area (Å²) in [5, 5.41) is 0. The second-order valence-corrected chi connectivity index (χ2v) is 10.2. The Morgan fingerprint density at radius 2 is 1.60 bits per heavy atom. The van der Waals surface area contributed by atoms with Gasteiger partial charge in [-0.25, -0.2) is 0 Å². The van der Waals surface area contributed by atoms with Crippen LogP contribution in [0.15, 0.2) is 24.6 Å². The molecule has 0 aliphatic rings. The molecule has 0 atom stereocenters. The predicted octanol–water partition coefficient (Wildman–Crippen LogP) is 2.01. The second-order valence-electron chi connectivity index (χ2n) is 3.17. The summed E-state index contributed by atoms with van der Waals surface area (Å²) in [7, 11) is -2.57. The van der Waals surface area contributed by atoms with E-state index in [1.165, 1.54) is 0 Å². The minimum absolute atomic E-state index is 1.23. The van der Waals surface area contributed by atoms with Crippen LogP contribution in [0, 0.1) is 0 Å². The Balaban J connectivity index is 3.85. The van der Waals surface area contributed by atoms with Crippen LogP contribution in [0.1, 0.15) is 0 Å². The summed E-state index contributed by atoms with van der Waals surface area (Å²) in [4.78, 5) is 0. The van der Waals surface area contributed by atoms with Crippen molar-refractivity contribution < 1.29 is 4.12 Å². The van der Waals surface area contributed by atoms with Crippen LogP contribution in [0.4, 0.5) is 0 Å². The molecule has 0 heterocycles. The first-order chi connectivity index (χ1) is 4.49. The van der Waals surface area contributed by atoms with Gasteiger partial charge in [-0.05, 0) is 19.6 Å². The third-order valence-corrected chi connectivity index (χ3v) is 5.80. The minimum atomic E-state index is -1.34. The molecule has 0 unspecified atom stereocenters. The largest absolute Gasteiger partial charge is 0.452 e. The van der Waals surface area contributed by atoms with Crippen molar-refractivity contribution in [2.24, 2.45) is 0 Å². The average molecular weight is 172 g/mol. The van der Waals surface area contributed by atoms with Crippen LogP contribution in [0.3, 0.4) is 0 Å². The van der Waals surface area contributed by atoms with E-state index < -0.39 is 17.4 Å². The van der Waals surface area contributed by atoms with E-state index in [1.807, 2.05) is 11.4 Å². The van der Waals surface area contributed by atoms with Crippen LogP contribution >= 0.6 is 0 Å². The first-order valence-electron chi connectivity index (χ1n) is 3.42. The van der Waals surface area contributed by atoms with Gasteiger partial charge in [-0.2, -0.15) is 0 Å². The van der Waals surface area contributed by atoms with Gasteiger partial charge < -0.3 is 4.12 Å². The average Bonchev–Trinajstić information content (AvgIpc) is 1.81. The molecule has 0 spiro atoms. The lowest BCUT2D eigenvalue weighted by atomic mass is 11.2. The second kappa shape index (κ2) is 3.90. The van der Waals surface area contributed by atoms with Crippen LogP contribution in [-0.4, -0.2) is 17.4 Å². The van der Waals surface area contributed by atoms with Crippen molar-refractivity contribution in [1.29, 1.82) is 0 Å². The van der Waals surface area contributed by atoms with E-state index in [1.54, 1.807) is 0 Å². The van der Waals surface area contributed by atoms with Gasteiger partial charge in [0.25, 0.3) is 0 Å². The highest BCUT2D eigenvalue weighted by Crippen LogP contribution is 2.05. The summed E-state index contributed by atoms with van der Waals surface area (Å²) in [5.41, 5.74) is 3.82. The molecule has 0 saturated heterocycles. The Morgan fingerprint density at radius 1 is 1.20 bits per heavy atom. The molecule has 0 rings (SSSR count). The fraction of sp³-hybridized carbons (Fsp3) is 0.429. The van der Waals surface area contributed by atoms with E-state index in [-0.39, 0.29) is 0 Å². The lowest BCUT2D eigenvalue weighted by Crippen LogP contribution is -2.32. The Labute approximate surface area is 66.3 Å². The number of hydrogen-bond acceptors (Lipinski definition) is 1. The maximum absolute atomic E-state index is 5.78. The SMILES string of the molecule is C=C[SiH](C=C)O[Si](C)(C)C. The summed E-state index contributed by atoms with van der Waals surface area (Å²) in [6.45, 7) is 13.9. The van der Waals surface area contributed by atoms with Crippen LogP contribution in [-0.2, 0) is 4.12 Å². The molecule has 10 heavy (non-hydrogen) atoms. The van der Waals surface area contributed by atoms with Gasteiger partial charge in [0.05, 0.1) is 0 Å². The fourth-order valence-corrected chi connectivity index (χ4v) is 4.83. The summed E-state index contributed by atoms with van der Waals surface area (Å²) in [5.74, 6) is 0. The van der Waals surface area contributed by atoms with Gasteiger partial charge in [-0.15, -0.1) is 13.2 Å². The van der Waals surface area contributed by atoms with E-state index in [0.29, 0.717) is 0 Å². The van der Waals surface area contributed by atoms with E-state index >= 15 is 0 Å². The van der Waals surface area contributed by atoms with Crippen molar-refractivity contribution in [3.8, 4) is 0 Å². The van der Waals surface area contributed by atoms with Gasteiger partial charge in [0.1, 0.15) is 0 Å². The van der Waals surface area contributed by atoms with Crippen LogP contribution in [0.2, 0.25) is 19.6 Å². The zero-order chi connectivity index (χ0) is 8.20. The molecule has 0 saturated carbocycles. The van der Waals surface area contributed by atoms with Gasteiger partial charge >= 0.3 is 0 Å². The van der Waals surface area contributed by atoms with Crippen molar-refractivity contribution in [2.75, 3.05) is 0 Å². The van der Waals surface area contributed by atoms with Gasteiger partial charge in [0.15, 0.2) is 8.32 Å². The highest BCUT2D eigenvalue weighted by Gasteiger charge is 2.17.